The predicted molar refractivity (Wildman–Crippen MR) is 73.2 cm³/mol. The minimum atomic E-state index is -1.62. The highest BCUT2D eigenvalue weighted by molar-refractivity contribution is 5.99. The molecular weight excluding hydrogens is 280 g/mol. The van der Waals surface area contributed by atoms with Crippen molar-refractivity contribution in [2.24, 2.45) is 0 Å². The Morgan fingerprint density at radius 3 is 2.57 bits per heavy atom. The summed E-state index contributed by atoms with van der Waals surface area (Å²) in [7, 11) is 1.31. The number of nitro groups is 1. The Hall–Kier alpha value is -2.48. The highest BCUT2D eigenvalue weighted by atomic mass is 16.6. The first-order chi connectivity index (χ1) is 9.73. The number of aliphatic carboxylic acids is 1. The van der Waals surface area contributed by atoms with E-state index in [1.165, 1.54) is 39.2 Å². The zero-order chi connectivity index (χ0) is 16.2. The summed E-state index contributed by atoms with van der Waals surface area (Å²) in [6.07, 6.45) is 0. The number of carboxylic acids is 1. The quantitative estimate of drug-likeness (QED) is 0.599. The number of carboxylic acid groups (broad SMARTS) is 1. The summed E-state index contributed by atoms with van der Waals surface area (Å²) in [5, 5.41) is 22.4. The Bertz CT molecular complexity index is 586. The first kappa shape index (κ1) is 16.6. The molecule has 0 fully saturated rings. The van der Waals surface area contributed by atoms with Crippen molar-refractivity contribution in [2.75, 3.05) is 13.7 Å². The first-order valence-corrected chi connectivity index (χ1v) is 6.02. The van der Waals surface area contributed by atoms with Gasteiger partial charge in [0, 0.05) is 24.3 Å². The molecule has 114 valence electrons. The Morgan fingerprint density at radius 2 is 2.10 bits per heavy atom. The van der Waals surface area contributed by atoms with E-state index in [2.05, 4.69) is 5.32 Å². The van der Waals surface area contributed by atoms with Crippen molar-refractivity contribution >= 4 is 17.6 Å². The number of nitrogens with zero attached hydrogens (tertiary/aromatic N) is 1. The number of carbonyl (C=O) groups is 2. The summed E-state index contributed by atoms with van der Waals surface area (Å²) in [5.41, 5.74) is -1.60. The maximum atomic E-state index is 12.2. The lowest BCUT2D eigenvalue weighted by Crippen LogP contribution is -2.55. The van der Waals surface area contributed by atoms with Gasteiger partial charge in [-0.25, -0.2) is 4.79 Å². The molecule has 1 amide bonds. The number of amides is 1. The van der Waals surface area contributed by atoms with Crippen molar-refractivity contribution in [1.29, 1.82) is 0 Å². The van der Waals surface area contributed by atoms with Gasteiger partial charge in [0.2, 0.25) is 0 Å². The van der Waals surface area contributed by atoms with Crippen molar-refractivity contribution < 1.29 is 24.4 Å². The molecule has 0 aliphatic rings. The minimum absolute atomic E-state index is 0.0489. The molecule has 8 nitrogen and oxygen atoms in total. The number of hydrogen-bond donors (Lipinski definition) is 2. The van der Waals surface area contributed by atoms with Gasteiger partial charge in [0.1, 0.15) is 0 Å². The van der Waals surface area contributed by atoms with E-state index < -0.39 is 22.3 Å². The molecule has 8 heteroatoms. The van der Waals surface area contributed by atoms with Gasteiger partial charge in [0.25, 0.3) is 11.6 Å². The van der Waals surface area contributed by atoms with Crippen molar-refractivity contribution in [3.05, 3.63) is 39.4 Å². The molecule has 1 unspecified atom stereocenters. The van der Waals surface area contributed by atoms with Crippen LogP contribution in [0.4, 0.5) is 5.69 Å². The largest absolute Gasteiger partial charge is 0.479 e. The lowest BCUT2D eigenvalue weighted by molar-refractivity contribution is -0.385. The van der Waals surface area contributed by atoms with Gasteiger partial charge >= 0.3 is 5.97 Å². The maximum absolute atomic E-state index is 12.2. The second kappa shape index (κ2) is 6.31. The van der Waals surface area contributed by atoms with Crippen LogP contribution in [0.5, 0.6) is 0 Å². The molecule has 2 N–H and O–H groups in total. The van der Waals surface area contributed by atoms with E-state index in [1.54, 1.807) is 0 Å². The number of ether oxygens (including phenoxy) is 1. The van der Waals surface area contributed by atoms with Gasteiger partial charge in [0.05, 0.1) is 11.5 Å². The summed E-state index contributed by atoms with van der Waals surface area (Å²) in [6, 6.07) is 4.04. The first-order valence-electron chi connectivity index (χ1n) is 6.02. The van der Waals surface area contributed by atoms with Crippen LogP contribution in [0, 0.1) is 17.0 Å². The van der Waals surface area contributed by atoms with Crippen LogP contribution < -0.4 is 5.32 Å². The van der Waals surface area contributed by atoms with Crippen LogP contribution in [0.1, 0.15) is 22.8 Å². The van der Waals surface area contributed by atoms with E-state index in [4.69, 9.17) is 9.84 Å². The van der Waals surface area contributed by atoms with E-state index in [0.29, 0.717) is 0 Å². The standard InChI is InChI=1S/C13H16N2O6/c1-8-9(5-4-6-10(8)15(19)20)11(16)14-13(2,7-21-3)12(17)18/h4-6H,7H2,1-3H3,(H,14,16)(H,17,18). The molecule has 0 aromatic heterocycles. The van der Waals surface area contributed by atoms with Crippen LogP contribution in [0.2, 0.25) is 0 Å². The lowest BCUT2D eigenvalue weighted by atomic mass is 10.0. The van der Waals surface area contributed by atoms with Gasteiger partial charge in [-0.1, -0.05) is 6.07 Å². The van der Waals surface area contributed by atoms with Gasteiger partial charge in [-0.15, -0.1) is 0 Å². The van der Waals surface area contributed by atoms with Gasteiger partial charge in [-0.2, -0.15) is 0 Å². The molecule has 0 saturated carbocycles. The fourth-order valence-electron chi connectivity index (χ4n) is 1.83. The molecule has 0 bridgehead atoms. The van der Waals surface area contributed by atoms with Crippen molar-refractivity contribution in [3.63, 3.8) is 0 Å². The molecule has 0 aliphatic heterocycles. The van der Waals surface area contributed by atoms with Crippen LogP contribution in [0.25, 0.3) is 0 Å². The highest BCUT2D eigenvalue weighted by Gasteiger charge is 2.36. The molecule has 0 radical (unpaired) electrons. The van der Waals surface area contributed by atoms with Crippen LogP contribution in [-0.2, 0) is 9.53 Å². The zero-order valence-electron chi connectivity index (χ0n) is 11.9. The smallest absolute Gasteiger partial charge is 0.331 e. The lowest BCUT2D eigenvalue weighted by Gasteiger charge is -2.25. The third kappa shape index (κ3) is 3.54. The van der Waals surface area contributed by atoms with Crippen LogP contribution in [0.3, 0.4) is 0 Å². The normalized spacial score (nSPS) is 13.3. The van der Waals surface area contributed by atoms with E-state index in [9.17, 15) is 19.7 Å². The Kier molecular flexibility index (Phi) is 4.98. The number of methoxy groups -OCH3 is 1. The fourth-order valence-corrected chi connectivity index (χ4v) is 1.83. The molecule has 0 spiro atoms. The minimum Gasteiger partial charge on any atom is -0.479 e. The number of carbonyl (C=O) groups excluding carboxylic acids is 1. The highest BCUT2D eigenvalue weighted by Crippen LogP contribution is 2.21. The molecule has 1 aromatic carbocycles. The van der Waals surface area contributed by atoms with E-state index in [0.717, 1.165) is 0 Å². The second-order valence-corrected chi connectivity index (χ2v) is 4.73. The molecule has 0 saturated heterocycles. The predicted octanol–water partition coefficient (Wildman–Crippen LogP) is 1.12. The van der Waals surface area contributed by atoms with E-state index >= 15 is 0 Å². The average molecular weight is 296 g/mol. The number of benzene rings is 1. The molecule has 21 heavy (non-hydrogen) atoms. The van der Waals surface area contributed by atoms with Crippen LogP contribution in [0.15, 0.2) is 18.2 Å². The Labute approximate surface area is 120 Å². The Balaban J connectivity index is 3.12. The van der Waals surface area contributed by atoms with Crippen molar-refractivity contribution in [1.82, 2.24) is 5.32 Å². The molecule has 1 rings (SSSR count). The number of rotatable bonds is 6. The van der Waals surface area contributed by atoms with Gasteiger partial charge in [-0.05, 0) is 19.9 Å². The average Bonchev–Trinajstić information content (AvgIpc) is 2.38. The molecule has 0 heterocycles. The summed E-state index contributed by atoms with van der Waals surface area (Å²) < 4.78 is 4.79. The Morgan fingerprint density at radius 1 is 1.48 bits per heavy atom. The van der Waals surface area contributed by atoms with E-state index in [1.807, 2.05) is 0 Å². The van der Waals surface area contributed by atoms with E-state index in [-0.39, 0.29) is 23.4 Å². The third-order valence-corrected chi connectivity index (χ3v) is 3.04. The molecular formula is C13H16N2O6. The molecule has 0 aliphatic carbocycles. The summed E-state index contributed by atoms with van der Waals surface area (Å²) in [4.78, 5) is 33.7. The van der Waals surface area contributed by atoms with Crippen LogP contribution >= 0.6 is 0 Å². The van der Waals surface area contributed by atoms with Gasteiger partial charge in [0.15, 0.2) is 5.54 Å². The second-order valence-electron chi connectivity index (χ2n) is 4.73. The third-order valence-electron chi connectivity index (χ3n) is 3.04. The number of nitro benzene ring substituents is 1. The monoisotopic (exact) mass is 296 g/mol. The van der Waals surface area contributed by atoms with Gasteiger partial charge < -0.3 is 15.2 Å². The maximum Gasteiger partial charge on any atom is 0.331 e. The molecule has 1 atom stereocenters. The van der Waals surface area contributed by atoms with Crippen molar-refractivity contribution in [2.45, 2.75) is 19.4 Å². The summed E-state index contributed by atoms with van der Waals surface area (Å²) in [5.74, 6) is -1.97. The zero-order valence-corrected chi connectivity index (χ0v) is 11.9. The SMILES string of the molecule is COCC(C)(NC(=O)c1cccc([N+](=O)[O-])c1C)C(=O)O. The van der Waals surface area contributed by atoms with Crippen molar-refractivity contribution in [3.8, 4) is 0 Å². The van der Waals surface area contributed by atoms with Crippen LogP contribution in [-0.4, -0.2) is 41.2 Å². The topological polar surface area (TPSA) is 119 Å². The molecule has 1 aromatic rings. The number of nitrogens with one attached hydrogen (secondary N) is 1. The fraction of sp³-hybridized carbons (Fsp3) is 0.385. The van der Waals surface area contributed by atoms with Gasteiger partial charge in [-0.3, -0.25) is 14.9 Å². The number of hydrogen-bond acceptors (Lipinski definition) is 5. The summed E-state index contributed by atoms with van der Waals surface area (Å²) in [6.45, 7) is 2.49. The summed E-state index contributed by atoms with van der Waals surface area (Å²) >= 11 is 0.